The Labute approximate surface area is 597 Å². The summed E-state index contributed by atoms with van der Waals surface area (Å²) in [5.41, 5.74) is 9.14. The number of nitrogens with zero attached hydrogens (tertiary/aromatic N) is 13. The number of nitrogens with one attached hydrogen (secondary N) is 7. The molecule has 8 aromatic rings. The van der Waals surface area contributed by atoms with Crippen LogP contribution >= 0.6 is 36.4 Å². The highest BCUT2D eigenvalue weighted by molar-refractivity contribution is 6.17. The monoisotopic (exact) mass is 1420 g/mol. The van der Waals surface area contributed by atoms with Gasteiger partial charge in [-0.3, -0.25) is 34.6 Å². The van der Waals surface area contributed by atoms with Gasteiger partial charge >= 0.3 is 0 Å². The van der Waals surface area contributed by atoms with Crippen LogP contribution in [0.15, 0.2) is 74.4 Å². The predicted molar refractivity (Wildman–Crippen MR) is 397 cm³/mol. The zero-order valence-corrected chi connectivity index (χ0v) is 58.2. The largest absolute Gasteiger partial charge is 0.505 e. The molecule has 29 heteroatoms. The summed E-state index contributed by atoms with van der Waals surface area (Å²) in [5.74, 6) is 3.75. The number of aromatic hydroxyl groups is 4. The standard InChI is InChI=1S/C15H21N5O.C14H18N4O2.C14H18N4O.C10H10ClN3O.C5H12N2.C4H9NO.C4H9N.3CH4.2ClH/c1-11-14(21)13(15-16-3-4-17-15)12(9-18-11)10-20-7-5-19(2)6-8-20;1-10-13(19)12(14-15-2-3-16-14)11(8-17-10)9-18-4-6-20-7-5-18;1-10-13(19)12(14-15-4-5-16-14)11(8-17-10)9-18-6-2-3-7-18;1-6-9(15)8(7(4-11)5-14-6)10-12-2-3-13-10;1-7-4-2-6-3-5-7;1-3-6-4-2-5-1;1-2-4-5-3-1;;;;;/h3-4,9,21H,5-8,10H2,1-2H3,(H,16,17);2-3,8,19H,4-7,9H2,1H3,(H,15,16);4-5,8,19H,2-3,6-7,9H2,1H3,(H,15,16);2-3,5,15H,4H2,1H3,(H,12,13);6H,2-5H2,1H3;5H,1-4H2;5H,1-4H2;3*1H4;2*1H. The van der Waals surface area contributed by atoms with Crippen LogP contribution in [0.4, 0.5) is 0 Å². The number of imidazole rings is 4. The highest BCUT2D eigenvalue weighted by Gasteiger charge is 2.24. The molecule has 0 aromatic carbocycles. The zero-order valence-electron chi connectivity index (χ0n) is 55.8. The number of morpholine rings is 2. The van der Waals surface area contributed by atoms with Crippen LogP contribution in [0.1, 0.15) is 93.0 Å². The van der Waals surface area contributed by atoms with E-state index in [2.05, 4.69) is 114 Å². The Balaban J connectivity index is 0.000000309. The fourth-order valence-corrected chi connectivity index (χ4v) is 11.2. The molecule has 6 aliphatic rings. The molecule has 0 spiro atoms. The van der Waals surface area contributed by atoms with Crippen molar-refractivity contribution >= 4 is 36.4 Å². The summed E-state index contributed by atoms with van der Waals surface area (Å²) >= 11 is 5.78. The molecule has 6 fully saturated rings. The minimum Gasteiger partial charge on any atom is -0.505 e. The normalized spacial score (nSPS) is 16.3. The third-order valence-electron chi connectivity index (χ3n) is 16.6. The summed E-state index contributed by atoms with van der Waals surface area (Å²) in [6.07, 6.45) is 26.2. The van der Waals surface area contributed by atoms with Gasteiger partial charge in [-0.05, 0) is 116 Å². The molecule has 14 rings (SSSR count). The lowest BCUT2D eigenvalue weighted by molar-refractivity contribution is 0.0342. The molecule has 0 unspecified atom stereocenters. The fourth-order valence-electron chi connectivity index (χ4n) is 11.0. The SMILES string of the molecule is C.C.C.C1CCNC1.C1COCCN1.CN1CCNCC1.Cc1ncc(CCl)c(-c2ncc[nH]2)c1O.Cc1ncc(CN2CCCC2)c(-c2ncc[nH]2)c1O.Cc1ncc(CN2CCN(C)CC2)c(-c2ncc[nH]2)c1O.Cc1ncc(CN2CCOCC2)c(-c2ncc[nH]2)c1O.Cl.Cl. The summed E-state index contributed by atoms with van der Waals surface area (Å²) in [6.45, 7) is 30.3. The Hall–Kier alpha value is -6.89. The van der Waals surface area contributed by atoms with Gasteiger partial charge in [0, 0.05) is 178 Å². The van der Waals surface area contributed by atoms with Gasteiger partial charge in [-0.25, -0.2) is 19.9 Å². The molecule has 26 nitrogen and oxygen atoms in total. The number of alkyl halides is 1. The van der Waals surface area contributed by atoms with Crippen molar-refractivity contribution in [3.63, 3.8) is 0 Å². The van der Waals surface area contributed by atoms with Gasteiger partial charge in [0.05, 0.1) is 71.5 Å². The van der Waals surface area contributed by atoms with Crippen molar-refractivity contribution in [3.05, 3.63) is 119 Å². The maximum absolute atomic E-state index is 10.4. The van der Waals surface area contributed by atoms with Crippen LogP contribution in [0.3, 0.4) is 0 Å². The van der Waals surface area contributed by atoms with Gasteiger partial charge in [0.2, 0.25) is 0 Å². The van der Waals surface area contributed by atoms with Crippen LogP contribution in [0.25, 0.3) is 45.6 Å². The molecular formula is C69H111Cl3N20O6. The highest BCUT2D eigenvalue weighted by atomic mass is 35.5. The molecular weight excluding hydrogens is 1310 g/mol. The van der Waals surface area contributed by atoms with Crippen molar-refractivity contribution in [2.45, 2.75) is 101 Å². The number of aryl methyl sites for hydroxylation is 4. The molecule has 0 saturated carbocycles. The molecule has 0 radical (unpaired) electrons. The number of ether oxygens (including phenoxy) is 2. The number of piperazine rings is 2. The fraction of sp³-hybridized carbons (Fsp3) is 0.536. The van der Waals surface area contributed by atoms with Crippen molar-refractivity contribution in [2.75, 3.05) is 145 Å². The van der Waals surface area contributed by atoms with Gasteiger partial charge < -0.3 is 75.6 Å². The van der Waals surface area contributed by atoms with Crippen molar-refractivity contribution in [1.82, 2.24) is 100 Å². The lowest BCUT2D eigenvalue weighted by Gasteiger charge is -2.32. The second-order valence-corrected chi connectivity index (χ2v) is 23.8. The Morgan fingerprint density at radius 2 is 0.684 bits per heavy atom. The third-order valence-corrected chi connectivity index (χ3v) is 16.9. The van der Waals surface area contributed by atoms with Crippen LogP contribution in [-0.2, 0) is 35.0 Å². The Morgan fingerprint density at radius 3 is 0.969 bits per heavy atom. The number of aromatic nitrogens is 12. The van der Waals surface area contributed by atoms with Gasteiger partial charge in [0.1, 0.15) is 46.3 Å². The van der Waals surface area contributed by atoms with Crippen LogP contribution in [0.5, 0.6) is 23.0 Å². The summed E-state index contributed by atoms with van der Waals surface area (Å²) < 4.78 is 10.4. The molecule has 0 bridgehead atoms. The molecule has 98 heavy (non-hydrogen) atoms. The lowest BCUT2D eigenvalue weighted by atomic mass is 10.1. The van der Waals surface area contributed by atoms with Crippen molar-refractivity contribution in [3.8, 4) is 68.5 Å². The summed E-state index contributed by atoms with van der Waals surface area (Å²) in [6, 6.07) is 0. The van der Waals surface area contributed by atoms with E-state index in [1.54, 1.807) is 83.5 Å². The first-order valence-corrected chi connectivity index (χ1v) is 32.9. The van der Waals surface area contributed by atoms with Gasteiger partial charge in [-0.1, -0.05) is 22.3 Å². The van der Waals surface area contributed by atoms with Gasteiger partial charge in [0.15, 0.2) is 0 Å². The summed E-state index contributed by atoms with van der Waals surface area (Å²) in [7, 11) is 4.30. The van der Waals surface area contributed by atoms with E-state index in [1.165, 1.54) is 51.9 Å². The molecule has 6 aliphatic heterocycles. The molecule has 0 atom stereocenters. The van der Waals surface area contributed by atoms with Gasteiger partial charge in [0.25, 0.3) is 0 Å². The molecule has 11 N–H and O–H groups in total. The first-order valence-electron chi connectivity index (χ1n) is 32.4. The lowest BCUT2D eigenvalue weighted by Crippen LogP contribution is -2.43. The van der Waals surface area contributed by atoms with Crippen LogP contribution < -0.4 is 16.0 Å². The average molecular weight is 1420 g/mol. The second kappa shape index (κ2) is 45.7. The number of hydrogen-bond donors (Lipinski definition) is 11. The van der Waals surface area contributed by atoms with E-state index in [9.17, 15) is 20.4 Å². The molecule has 14 heterocycles. The molecule has 0 amide bonds. The minimum atomic E-state index is 0. The topological polar surface area (TPSA) is 318 Å². The predicted octanol–water partition coefficient (Wildman–Crippen LogP) is 9.11. The highest BCUT2D eigenvalue weighted by Crippen LogP contribution is 2.36. The van der Waals surface area contributed by atoms with Crippen molar-refractivity contribution in [2.24, 2.45) is 0 Å². The molecule has 544 valence electrons. The Morgan fingerprint density at radius 1 is 0.378 bits per heavy atom. The first-order chi connectivity index (χ1) is 45.3. The van der Waals surface area contributed by atoms with E-state index in [0.29, 0.717) is 51.6 Å². The van der Waals surface area contributed by atoms with Crippen LogP contribution in [-0.4, -0.2) is 250 Å². The molecule has 0 aliphatic carbocycles. The number of H-pyrrole nitrogens is 4. The number of halogens is 3. The molecule has 6 saturated heterocycles. The number of likely N-dealkylation sites (N-methyl/N-ethyl adjacent to an activating group) is 2. The van der Waals surface area contributed by atoms with Crippen molar-refractivity contribution in [1.29, 1.82) is 0 Å². The van der Waals surface area contributed by atoms with E-state index >= 15 is 0 Å². The number of likely N-dealkylation sites (tertiary alicyclic amines) is 1. The zero-order chi connectivity index (χ0) is 65.7. The summed E-state index contributed by atoms with van der Waals surface area (Å²) in [5, 5.41) is 50.5. The Kier molecular flexibility index (Phi) is 39.8. The van der Waals surface area contributed by atoms with E-state index in [0.717, 1.165) is 164 Å². The van der Waals surface area contributed by atoms with Gasteiger partial charge in [-0.15, -0.1) is 36.4 Å². The number of pyridine rings is 4. The van der Waals surface area contributed by atoms with E-state index in [1.807, 2.05) is 18.6 Å². The van der Waals surface area contributed by atoms with Crippen molar-refractivity contribution < 1.29 is 29.9 Å². The average Bonchev–Trinajstić information content (AvgIpc) is 1.41. The Bertz CT molecular complexity index is 3370. The van der Waals surface area contributed by atoms with Crippen LogP contribution in [0.2, 0.25) is 0 Å². The maximum atomic E-state index is 10.4. The first kappa shape index (κ1) is 85.3. The van der Waals surface area contributed by atoms with Crippen LogP contribution in [0, 0.1) is 27.7 Å². The maximum Gasteiger partial charge on any atom is 0.148 e. The van der Waals surface area contributed by atoms with Gasteiger partial charge in [-0.2, -0.15) is 0 Å². The van der Waals surface area contributed by atoms with E-state index < -0.39 is 0 Å². The quantitative estimate of drug-likeness (QED) is 0.0538. The summed E-state index contributed by atoms with van der Waals surface area (Å²) in [4.78, 5) is 57.7. The third kappa shape index (κ3) is 26.0. The van der Waals surface area contributed by atoms with E-state index in [-0.39, 0.29) is 76.0 Å². The van der Waals surface area contributed by atoms with E-state index in [4.69, 9.17) is 21.1 Å². The number of rotatable bonds is 11. The second-order valence-electron chi connectivity index (χ2n) is 23.6. The smallest absolute Gasteiger partial charge is 0.148 e. The number of aromatic amines is 4. The molecule has 8 aromatic heterocycles. The minimum absolute atomic E-state index is 0. The number of hydrogen-bond acceptors (Lipinski definition) is 22.